The van der Waals surface area contributed by atoms with Crippen molar-refractivity contribution in [1.82, 2.24) is 4.90 Å². The van der Waals surface area contributed by atoms with E-state index in [0.717, 1.165) is 11.1 Å². The Bertz CT molecular complexity index is 791. The van der Waals surface area contributed by atoms with Gasteiger partial charge in [0.05, 0.1) is 18.1 Å². The van der Waals surface area contributed by atoms with Gasteiger partial charge in [-0.3, -0.25) is 4.79 Å². The molecule has 2 aromatic rings. The number of carbonyl (C=O) groups is 2. The number of amides is 1. The lowest BCUT2D eigenvalue weighted by Gasteiger charge is -2.19. The molecule has 0 aromatic heterocycles. The lowest BCUT2D eigenvalue weighted by Crippen LogP contribution is -2.27. The molecule has 0 unspecified atom stereocenters. The summed E-state index contributed by atoms with van der Waals surface area (Å²) in [5, 5.41) is 9.10. The monoisotopic (exact) mass is 391 g/mol. The van der Waals surface area contributed by atoms with Gasteiger partial charge in [-0.05, 0) is 30.7 Å². The van der Waals surface area contributed by atoms with Crippen molar-refractivity contribution in [3.8, 4) is 11.5 Å². The maximum Gasteiger partial charge on any atom is 0.341 e. The number of likely N-dealkylation sites (N-methyl/N-ethyl adjacent to an activating group) is 1. The first-order chi connectivity index (χ1) is 12.9. The molecular weight excluding hydrogens is 370 g/mol. The van der Waals surface area contributed by atoms with E-state index in [0.29, 0.717) is 29.7 Å². The molecule has 0 saturated carbocycles. The van der Waals surface area contributed by atoms with Gasteiger partial charge >= 0.3 is 5.97 Å². The summed E-state index contributed by atoms with van der Waals surface area (Å²) in [6, 6.07) is 12.3. The van der Waals surface area contributed by atoms with Crippen LogP contribution >= 0.6 is 11.6 Å². The second-order valence-electron chi connectivity index (χ2n) is 5.91. The zero-order chi connectivity index (χ0) is 19.8. The van der Waals surface area contributed by atoms with Crippen molar-refractivity contribution >= 4 is 23.5 Å². The Labute approximate surface area is 163 Å². The van der Waals surface area contributed by atoms with Crippen molar-refractivity contribution in [2.24, 2.45) is 0 Å². The van der Waals surface area contributed by atoms with Gasteiger partial charge in [-0.25, -0.2) is 4.79 Å². The normalized spacial score (nSPS) is 10.3. The molecular formula is C20H22ClNO5. The molecule has 0 spiro atoms. The number of hydrogen-bond acceptors (Lipinski definition) is 4. The molecule has 27 heavy (non-hydrogen) atoms. The Morgan fingerprint density at radius 2 is 1.81 bits per heavy atom. The number of para-hydroxylation sites is 1. The van der Waals surface area contributed by atoms with E-state index in [1.54, 1.807) is 48.3 Å². The topological polar surface area (TPSA) is 76.1 Å². The molecule has 0 aliphatic carbocycles. The van der Waals surface area contributed by atoms with Gasteiger partial charge in [-0.15, -0.1) is 0 Å². The van der Waals surface area contributed by atoms with E-state index in [4.69, 9.17) is 26.2 Å². The molecule has 0 heterocycles. The number of hydrogen-bond donors (Lipinski definition) is 1. The third-order valence-electron chi connectivity index (χ3n) is 3.81. The first-order valence-corrected chi connectivity index (χ1v) is 8.86. The smallest absolute Gasteiger partial charge is 0.341 e. The second-order valence-corrected chi connectivity index (χ2v) is 6.32. The molecule has 0 aliphatic heterocycles. The SMILES string of the molecule is CCOc1c(Cl)cccc1CC(=O)N(C)Cc1ccc(OCC(=O)O)cc1. The fourth-order valence-electron chi connectivity index (χ4n) is 2.49. The number of rotatable bonds is 9. The fraction of sp³-hybridized carbons (Fsp3) is 0.300. The molecule has 2 rings (SSSR count). The van der Waals surface area contributed by atoms with E-state index in [2.05, 4.69) is 0 Å². The molecule has 7 heteroatoms. The quantitative estimate of drug-likeness (QED) is 0.709. The molecule has 0 atom stereocenters. The number of carbonyl (C=O) groups excluding carboxylic acids is 1. The molecule has 1 amide bonds. The summed E-state index contributed by atoms with van der Waals surface area (Å²) < 4.78 is 10.7. The van der Waals surface area contributed by atoms with Crippen LogP contribution < -0.4 is 9.47 Å². The highest BCUT2D eigenvalue weighted by molar-refractivity contribution is 6.32. The van der Waals surface area contributed by atoms with Gasteiger partial charge in [-0.1, -0.05) is 35.9 Å². The van der Waals surface area contributed by atoms with Crippen LogP contribution in [0.25, 0.3) is 0 Å². The van der Waals surface area contributed by atoms with E-state index in [-0.39, 0.29) is 18.9 Å². The predicted molar refractivity (Wildman–Crippen MR) is 102 cm³/mol. The summed E-state index contributed by atoms with van der Waals surface area (Å²) in [5.74, 6) is -0.0833. The summed E-state index contributed by atoms with van der Waals surface area (Å²) in [6.45, 7) is 2.37. The molecule has 1 N–H and O–H groups in total. The number of carboxylic acid groups (broad SMARTS) is 1. The number of carboxylic acids is 1. The Morgan fingerprint density at radius 1 is 1.11 bits per heavy atom. The van der Waals surface area contributed by atoms with Crippen LogP contribution in [-0.4, -0.2) is 42.1 Å². The van der Waals surface area contributed by atoms with Crippen LogP contribution in [0.5, 0.6) is 11.5 Å². The number of ether oxygens (including phenoxy) is 2. The highest BCUT2D eigenvalue weighted by Gasteiger charge is 2.15. The van der Waals surface area contributed by atoms with Crippen LogP contribution in [-0.2, 0) is 22.6 Å². The summed E-state index contributed by atoms with van der Waals surface area (Å²) in [6.07, 6.45) is 0.187. The molecule has 2 aromatic carbocycles. The standard InChI is InChI=1S/C20H22ClNO5/c1-3-26-20-15(5-4-6-17(20)21)11-18(23)22(2)12-14-7-9-16(10-8-14)27-13-19(24)25/h4-10H,3,11-13H2,1-2H3,(H,24,25). The van der Waals surface area contributed by atoms with Crippen molar-refractivity contribution in [1.29, 1.82) is 0 Å². The zero-order valence-electron chi connectivity index (χ0n) is 15.3. The molecule has 6 nitrogen and oxygen atoms in total. The van der Waals surface area contributed by atoms with Crippen LogP contribution in [0.4, 0.5) is 0 Å². The van der Waals surface area contributed by atoms with E-state index >= 15 is 0 Å². The van der Waals surface area contributed by atoms with E-state index in [1.807, 2.05) is 13.0 Å². The maximum absolute atomic E-state index is 12.6. The van der Waals surface area contributed by atoms with Gasteiger partial charge < -0.3 is 19.5 Å². The van der Waals surface area contributed by atoms with Gasteiger partial charge in [-0.2, -0.15) is 0 Å². The maximum atomic E-state index is 12.6. The predicted octanol–water partition coefficient (Wildman–Crippen LogP) is 3.40. The lowest BCUT2D eigenvalue weighted by atomic mass is 10.1. The molecule has 144 valence electrons. The fourth-order valence-corrected chi connectivity index (χ4v) is 2.74. The van der Waals surface area contributed by atoms with Crippen LogP contribution in [0.1, 0.15) is 18.1 Å². The molecule has 0 aliphatic rings. The number of aliphatic carboxylic acids is 1. The first kappa shape index (κ1) is 20.6. The van der Waals surface area contributed by atoms with Crippen molar-refractivity contribution in [3.63, 3.8) is 0 Å². The summed E-state index contributed by atoms with van der Waals surface area (Å²) >= 11 is 6.16. The molecule has 0 bridgehead atoms. The minimum absolute atomic E-state index is 0.0653. The molecule has 0 saturated heterocycles. The summed E-state index contributed by atoms with van der Waals surface area (Å²) in [7, 11) is 1.72. The van der Waals surface area contributed by atoms with E-state index in [9.17, 15) is 9.59 Å². The minimum atomic E-state index is -1.03. The number of benzene rings is 2. The van der Waals surface area contributed by atoms with Crippen molar-refractivity contribution < 1.29 is 24.2 Å². The molecule has 0 radical (unpaired) electrons. The molecule has 0 fully saturated rings. The zero-order valence-corrected chi connectivity index (χ0v) is 16.0. The lowest BCUT2D eigenvalue weighted by molar-refractivity contribution is -0.139. The van der Waals surface area contributed by atoms with Crippen LogP contribution in [0.15, 0.2) is 42.5 Å². The van der Waals surface area contributed by atoms with Crippen molar-refractivity contribution in [2.45, 2.75) is 19.9 Å². The third kappa shape index (κ3) is 6.18. The van der Waals surface area contributed by atoms with Gasteiger partial charge in [0, 0.05) is 19.2 Å². The van der Waals surface area contributed by atoms with Crippen LogP contribution in [0.3, 0.4) is 0 Å². The van der Waals surface area contributed by atoms with E-state index < -0.39 is 5.97 Å². The van der Waals surface area contributed by atoms with Crippen molar-refractivity contribution in [3.05, 3.63) is 58.6 Å². The second kappa shape index (κ2) is 9.83. The Morgan fingerprint density at radius 3 is 2.44 bits per heavy atom. The van der Waals surface area contributed by atoms with Gasteiger partial charge in [0.2, 0.25) is 5.91 Å². The summed E-state index contributed by atoms with van der Waals surface area (Å²) in [4.78, 5) is 24.7. The van der Waals surface area contributed by atoms with Gasteiger partial charge in [0.1, 0.15) is 11.5 Å². The van der Waals surface area contributed by atoms with Crippen LogP contribution in [0, 0.1) is 0 Å². The van der Waals surface area contributed by atoms with E-state index in [1.165, 1.54) is 0 Å². The highest BCUT2D eigenvalue weighted by Crippen LogP contribution is 2.29. The van der Waals surface area contributed by atoms with Gasteiger partial charge in [0.15, 0.2) is 6.61 Å². The first-order valence-electron chi connectivity index (χ1n) is 8.48. The number of halogens is 1. The summed E-state index contributed by atoms with van der Waals surface area (Å²) in [5.41, 5.74) is 1.66. The number of nitrogens with zero attached hydrogens (tertiary/aromatic N) is 1. The van der Waals surface area contributed by atoms with Crippen LogP contribution in [0.2, 0.25) is 5.02 Å². The average Bonchev–Trinajstić information content (AvgIpc) is 2.64. The Kier molecular flexibility index (Phi) is 7.49. The largest absolute Gasteiger partial charge is 0.492 e. The average molecular weight is 392 g/mol. The Balaban J connectivity index is 1.98. The van der Waals surface area contributed by atoms with Gasteiger partial charge in [0.25, 0.3) is 0 Å². The van der Waals surface area contributed by atoms with Crippen molar-refractivity contribution in [2.75, 3.05) is 20.3 Å². The third-order valence-corrected chi connectivity index (χ3v) is 4.11. The highest BCUT2D eigenvalue weighted by atomic mass is 35.5. The Hall–Kier alpha value is -2.73. The minimum Gasteiger partial charge on any atom is -0.492 e.